The van der Waals surface area contributed by atoms with Gasteiger partial charge in [-0.25, -0.2) is 0 Å². The average Bonchev–Trinajstić information content (AvgIpc) is 3.27. The SMILES string of the molecule is C[N+]1([O-])[C@@H]2CC(OC(=O)[C@H](CO)c3ccccc3)C[C@H]1[C@@H]1O[C@@H]12.Cl. The summed E-state index contributed by atoms with van der Waals surface area (Å²) in [5, 5.41) is 22.2. The van der Waals surface area contributed by atoms with Crippen LogP contribution in [0, 0.1) is 5.21 Å². The number of aliphatic hydroxyl groups is 1. The highest BCUT2D eigenvalue weighted by Crippen LogP contribution is 2.52. The van der Waals surface area contributed by atoms with Crippen molar-refractivity contribution >= 4 is 18.4 Å². The number of halogens is 1. The van der Waals surface area contributed by atoms with Gasteiger partial charge < -0.3 is 24.4 Å². The monoisotopic (exact) mass is 355 g/mol. The fourth-order valence-corrected chi connectivity index (χ4v) is 4.25. The second kappa shape index (κ2) is 6.28. The Morgan fingerprint density at radius 1 is 1.33 bits per heavy atom. The van der Waals surface area contributed by atoms with E-state index in [1.807, 2.05) is 18.2 Å². The van der Waals surface area contributed by atoms with Crippen molar-refractivity contribution < 1.29 is 24.0 Å². The average molecular weight is 356 g/mol. The first-order valence-electron chi connectivity index (χ1n) is 8.11. The number of piperidine rings is 1. The second-order valence-electron chi connectivity index (χ2n) is 6.94. The van der Waals surface area contributed by atoms with Crippen molar-refractivity contribution in [2.45, 2.75) is 49.2 Å². The summed E-state index contributed by atoms with van der Waals surface area (Å²) < 4.78 is 10.9. The van der Waals surface area contributed by atoms with Crippen LogP contribution >= 0.6 is 12.4 Å². The number of fused-ring (bicyclic) bond motifs is 5. The van der Waals surface area contributed by atoms with E-state index in [0.717, 1.165) is 5.56 Å². The highest BCUT2D eigenvalue weighted by Gasteiger charge is 2.69. The number of quaternary nitrogens is 1. The van der Waals surface area contributed by atoms with E-state index in [4.69, 9.17) is 9.47 Å². The molecule has 0 spiro atoms. The van der Waals surface area contributed by atoms with Crippen molar-refractivity contribution in [2.24, 2.45) is 0 Å². The molecule has 4 rings (SSSR count). The number of nitrogens with zero attached hydrogens (tertiary/aromatic N) is 1. The van der Waals surface area contributed by atoms with E-state index in [-0.39, 0.29) is 54.1 Å². The van der Waals surface area contributed by atoms with Gasteiger partial charge in [-0.15, -0.1) is 12.4 Å². The first-order valence-corrected chi connectivity index (χ1v) is 8.11. The van der Waals surface area contributed by atoms with Gasteiger partial charge in [-0.3, -0.25) is 4.79 Å². The number of likely N-dealkylation sites (N-methyl/N-ethyl adjacent to an activating group) is 1. The predicted molar refractivity (Wildman–Crippen MR) is 88.4 cm³/mol. The lowest BCUT2D eigenvalue weighted by atomic mass is 9.97. The maximum Gasteiger partial charge on any atom is 0.316 e. The molecular formula is C17H22ClNO5. The Balaban J connectivity index is 0.00000169. The number of morpholine rings is 1. The van der Waals surface area contributed by atoms with Gasteiger partial charge in [0.2, 0.25) is 0 Å². The van der Waals surface area contributed by atoms with Crippen LogP contribution in [0.2, 0.25) is 0 Å². The molecule has 1 N–H and O–H groups in total. The number of benzene rings is 1. The van der Waals surface area contributed by atoms with Crippen LogP contribution in [0.3, 0.4) is 0 Å². The van der Waals surface area contributed by atoms with Gasteiger partial charge in [0.05, 0.1) is 13.7 Å². The van der Waals surface area contributed by atoms with Crippen LogP contribution in [0.1, 0.15) is 24.3 Å². The Morgan fingerprint density at radius 2 is 1.92 bits per heavy atom. The molecule has 0 amide bonds. The standard InChI is InChI=1S/C17H21NO5.ClH/c1-18(21)13-7-11(8-14(18)16-15(13)23-16)22-17(20)12(9-19)10-5-3-2-4-6-10;/h2-6,11-16,19H,7-9H2,1H3;1H/t11?,12-,13-,14+,15-,16+,18?;/m1./s1. The molecule has 3 aliphatic heterocycles. The lowest BCUT2D eigenvalue weighted by molar-refractivity contribution is -0.911. The maximum atomic E-state index is 12.6. The third-order valence-electron chi connectivity index (χ3n) is 5.60. The molecule has 3 aliphatic rings. The quantitative estimate of drug-likeness (QED) is 0.381. The fourth-order valence-electron chi connectivity index (χ4n) is 4.25. The largest absolute Gasteiger partial charge is 0.632 e. The first kappa shape index (κ1) is 17.6. The Hall–Kier alpha value is -1.18. The topological polar surface area (TPSA) is 82.1 Å². The van der Waals surface area contributed by atoms with Crippen LogP contribution in [0.5, 0.6) is 0 Å². The van der Waals surface area contributed by atoms with Crippen LogP contribution in [-0.4, -0.2) is 59.8 Å². The van der Waals surface area contributed by atoms with E-state index in [1.54, 1.807) is 19.2 Å². The van der Waals surface area contributed by atoms with Crippen LogP contribution in [0.4, 0.5) is 0 Å². The van der Waals surface area contributed by atoms with Gasteiger partial charge in [-0.1, -0.05) is 30.3 Å². The molecule has 7 atom stereocenters. The number of hydroxylamine groups is 3. The Morgan fingerprint density at radius 3 is 2.46 bits per heavy atom. The normalized spacial score (nSPS) is 40.2. The lowest BCUT2D eigenvalue weighted by Crippen LogP contribution is -2.58. The molecule has 0 radical (unpaired) electrons. The highest BCUT2D eigenvalue weighted by molar-refractivity contribution is 5.85. The van der Waals surface area contributed by atoms with E-state index in [1.165, 1.54) is 0 Å². The van der Waals surface area contributed by atoms with Gasteiger partial charge in [-0.05, 0) is 5.56 Å². The number of esters is 1. The number of hydrogen-bond acceptors (Lipinski definition) is 5. The first-order chi connectivity index (χ1) is 11.0. The smallest absolute Gasteiger partial charge is 0.316 e. The summed E-state index contributed by atoms with van der Waals surface area (Å²) in [7, 11) is 1.70. The number of ether oxygens (including phenoxy) is 2. The molecule has 24 heavy (non-hydrogen) atoms. The minimum Gasteiger partial charge on any atom is -0.632 e. The predicted octanol–water partition coefficient (Wildman–Crippen LogP) is 1.35. The molecule has 2 bridgehead atoms. The summed E-state index contributed by atoms with van der Waals surface area (Å²) in [5.41, 5.74) is 0.745. The Kier molecular flexibility index (Phi) is 4.61. The van der Waals surface area contributed by atoms with E-state index in [9.17, 15) is 15.1 Å². The minimum absolute atomic E-state index is 0. The maximum absolute atomic E-state index is 12.6. The number of epoxide rings is 1. The van der Waals surface area contributed by atoms with E-state index >= 15 is 0 Å². The Bertz CT molecular complexity index is 590. The lowest BCUT2D eigenvalue weighted by Gasteiger charge is -2.51. The van der Waals surface area contributed by atoms with Crippen molar-refractivity contribution in [3.8, 4) is 0 Å². The molecule has 1 aromatic rings. The zero-order chi connectivity index (χ0) is 16.2. The molecule has 7 heteroatoms. The van der Waals surface area contributed by atoms with Gasteiger partial charge in [0, 0.05) is 12.8 Å². The summed E-state index contributed by atoms with van der Waals surface area (Å²) in [6, 6.07) is 8.86. The van der Waals surface area contributed by atoms with Gasteiger partial charge in [-0.2, -0.15) is 0 Å². The van der Waals surface area contributed by atoms with Crippen LogP contribution in [0.15, 0.2) is 30.3 Å². The van der Waals surface area contributed by atoms with Crippen molar-refractivity contribution in [3.05, 3.63) is 41.1 Å². The fraction of sp³-hybridized carbons (Fsp3) is 0.588. The molecule has 132 valence electrons. The molecule has 3 heterocycles. The molecule has 0 aliphatic carbocycles. The second-order valence-corrected chi connectivity index (χ2v) is 6.94. The molecule has 0 aromatic heterocycles. The molecule has 6 nitrogen and oxygen atoms in total. The summed E-state index contributed by atoms with van der Waals surface area (Å²) in [4.78, 5) is 12.4. The summed E-state index contributed by atoms with van der Waals surface area (Å²) >= 11 is 0. The van der Waals surface area contributed by atoms with Crippen molar-refractivity contribution in [1.82, 2.24) is 0 Å². The van der Waals surface area contributed by atoms with Crippen molar-refractivity contribution in [1.29, 1.82) is 0 Å². The zero-order valence-corrected chi connectivity index (χ0v) is 14.2. The molecule has 3 saturated heterocycles. The summed E-state index contributed by atoms with van der Waals surface area (Å²) in [6.07, 6.45) is 0.891. The van der Waals surface area contributed by atoms with Crippen LogP contribution < -0.4 is 0 Å². The van der Waals surface area contributed by atoms with Crippen molar-refractivity contribution in [2.75, 3.05) is 13.7 Å². The van der Waals surface area contributed by atoms with E-state index in [0.29, 0.717) is 12.8 Å². The van der Waals surface area contributed by atoms with E-state index < -0.39 is 11.9 Å². The minimum atomic E-state index is -0.672. The number of rotatable bonds is 4. The number of carbonyl (C=O) groups excluding carboxylic acids is 1. The number of aliphatic hydroxyl groups excluding tert-OH is 1. The van der Waals surface area contributed by atoms with E-state index in [2.05, 4.69) is 0 Å². The number of hydrogen-bond donors (Lipinski definition) is 1. The van der Waals surface area contributed by atoms with Gasteiger partial charge in [0.15, 0.2) is 0 Å². The molecule has 3 fully saturated rings. The van der Waals surface area contributed by atoms with Gasteiger partial charge in [0.25, 0.3) is 0 Å². The molecule has 1 aromatic carbocycles. The highest BCUT2D eigenvalue weighted by atomic mass is 35.5. The third-order valence-corrected chi connectivity index (χ3v) is 5.60. The Labute approximate surface area is 146 Å². The molecular weight excluding hydrogens is 334 g/mol. The van der Waals surface area contributed by atoms with Crippen LogP contribution in [0.25, 0.3) is 0 Å². The van der Waals surface area contributed by atoms with Crippen molar-refractivity contribution in [3.63, 3.8) is 0 Å². The molecule has 0 saturated carbocycles. The summed E-state index contributed by atoms with van der Waals surface area (Å²) in [5.74, 6) is -1.09. The zero-order valence-electron chi connectivity index (χ0n) is 13.4. The van der Waals surface area contributed by atoms with Crippen LogP contribution in [-0.2, 0) is 14.3 Å². The summed E-state index contributed by atoms with van der Waals surface area (Å²) in [6.45, 7) is -0.286. The number of carbonyl (C=O) groups is 1. The van der Waals surface area contributed by atoms with Gasteiger partial charge >= 0.3 is 5.97 Å². The third kappa shape index (κ3) is 2.72. The molecule has 2 unspecified atom stereocenters. The van der Waals surface area contributed by atoms with Gasteiger partial charge in [0.1, 0.15) is 36.3 Å².